The number of carbonyl (C=O) groups excluding carboxylic acids is 1. The van der Waals surface area contributed by atoms with E-state index in [9.17, 15) is 9.59 Å². The summed E-state index contributed by atoms with van der Waals surface area (Å²) in [5.41, 5.74) is 0.671. The van der Waals surface area contributed by atoms with Crippen molar-refractivity contribution in [2.45, 2.75) is 51.2 Å². The molecule has 1 fully saturated rings. The number of carbonyl (C=O) groups is 1. The summed E-state index contributed by atoms with van der Waals surface area (Å²) in [5, 5.41) is 1.26. The molecule has 1 aromatic carbocycles. The molecule has 2 aromatic rings. The Morgan fingerprint density at radius 3 is 2.85 bits per heavy atom. The van der Waals surface area contributed by atoms with Gasteiger partial charge in [0.25, 0.3) is 5.56 Å². The molecule has 0 aliphatic heterocycles. The van der Waals surface area contributed by atoms with Crippen molar-refractivity contribution >= 4 is 28.6 Å². The van der Waals surface area contributed by atoms with Crippen LogP contribution >= 0.6 is 11.8 Å². The van der Waals surface area contributed by atoms with Gasteiger partial charge in [0, 0.05) is 6.04 Å². The number of thioether (sulfide) groups is 1. The van der Waals surface area contributed by atoms with Crippen LogP contribution in [0.25, 0.3) is 10.9 Å². The molecule has 1 heterocycles. The molecule has 1 saturated carbocycles. The molecule has 0 bridgehead atoms. The van der Waals surface area contributed by atoms with E-state index < -0.39 is 0 Å². The first-order chi connectivity index (χ1) is 12.5. The van der Waals surface area contributed by atoms with Gasteiger partial charge in [-0.2, -0.15) is 0 Å². The van der Waals surface area contributed by atoms with Crippen LogP contribution < -0.4 is 5.56 Å². The first-order valence-electron chi connectivity index (χ1n) is 9.32. The van der Waals surface area contributed by atoms with Crippen molar-refractivity contribution in [1.29, 1.82) is 0 Å². The van der Waals surface area contributed by atoms with Gasteiger partial charge in [-0.1, -0.05) is 50.6 Å². The van der Waals surface area contributed by atoms with Crippen LogP contribution in [0.15, 0.2) is 34.2 Å². The molecular weight excluding hydrogens is 348 g/mol. The minimum atomic E-state index is -0.281. The molecular formula is C20H26N2O3S. The first kappa shape index (κ1) is 19.0. The second-order valence-electron chi connectivity index (χ2n) is 7.02. The monoisotopic (exact) mass is 374 g/mol. The van der Waals surface area contributed by atoms with Gasteiger partial charge in [0.05, 0.1) is 23.3 Å². The number of esters is 1. The quantitative estimate of drug-likeness (QED) is 0.449. The maximum atomic E-state index is 13.3. The van der Waals surface area contributed by atoms with Crippen molar-refractivity contribution in [3.05, 3.63) is 34.6 Å². The largest absolute Gasteiger partial charge is 0.465 e. The molecule has 140 valence electrons. The average Bonchev–Trinajstić information content (AvgIpc) is 2.63. The molecule has 1 aliphatic rings. The molecule has 3 rings (SSSR count). The highest BCUT2D eigenvalue weighted by Gasteiger charge is 2.31. The van der Waals surface area contributed by atoms with Gasteiger partial charge in [-0.05, 0) is 37.3 Å². The molecule has 0 unspecified atom stereocenters. The minimum absolute atomic E-state index is 0.00657. The van der Waals surface area contributed by atoms with Gasteiger partial charge < -0.3 is 4.74 Å². The van der Waals surface area contributed by atoms with E-state index in [4.69, 9.17) is 9.72 Å². The first-order valence-corrected chi connectivity index (χ1v) is 10.3. The van der Waals surface area contributed by atoms with Crippen LogP contribution in [-0.2, 0) is 9.53 Å². The molecule has 6 heteroatoms. The number of hydrogen-bond donors (Lipinski definition) is 0. The molecule has 3 atom stereocenters. The second kappa shape index (κ2) is 8.25. The molecule has 1 aliphatic carbocycles. The Hall–Kier alpha value is -1.82. The number of para-hydroxylation sites is 1. The number of aromatic nitrogens is 2. The van der Waals surface area contributed by atoms with Gasteiger partial charge in [0.2, 0.25) is 0 Å². The predicted octanol–water partition coefficient (Wildman–Crippen LogP) is 4.05. The Morgan fingerprint density at radius 1 is 1.31 bits per heavy atom. The molecule has 0 radical (unpaired) electrons. The summed E-state index contributed by atoms with van der Waals surface area (Å²) >= 11 is 1.30. The van der Waals surface area contributed by atoms with E-state index in [1.807, 2.05) is 28.8 Å². The summed E-state index contributed by atoms with van der Waals surface area (Å²) in [6.07, 6.45) is 3.27. The van der Waals surface area contributed by atoms with Gasteiger partial charge in [-0.15, -0.1) is 0 Å². The predicted molar refractivity (Wildman–Crippen MR) is 105 cm³/mol. The fraction of sp³-hybridized carbons (Fsp3) is 0.550. The van der Waals surface area contributed by atoms with Crippen LogP contribution in [0.1, 0.15) is 46.1 Å². The number of nitrogens with zero attached hydrogens (tertiary/aromatic N) is 2. The zero-order valence-corrected chi connectivity index (χ0v) is 16.4. The van der Waals surface area contributed by atoms with Crippen LogP contribution in [0.3, 0.4) is 0 Å². The molecule has 0 N–H and O–H groups in total. The van der Waals surface area contributed by atoms with Crippen molar-refractivity contribution in [2.75, 3.05) is 12.4 Å². The lowest BCUT2D eigenvalue weighted by Gasteiger charge is -2.36. The fourth-order valence-electron chi connectivity index (χ4n) is 3.76. The van der Waals surface area contributed by atoms with Gasteiger partial charge in [-0.25, -0.2) is 4.98 Å². The van der Waals surface area contributed by atoms with E-state index >= 15 is 0 Å². The van der Waals surface area contributed by atoms with Crippen LogP contribution in [0.2, 0.25) is 0 Å². The summed E-state index contributed by atoms with van der Waals surface area (Å²) in [6, 6.07) is 7.55. The molecule has 1 aromatic heterocycles. The lowest BCUT2D eigenvalue weighted by molar-refractivity contribution is -0.139. The van der Waals surface area contributed by atoms with Crippen molar-refractivity contribution in [3.63, 3.8) is 0 Å². The lowest BCUT2D eigenvalue weighted by atomic mass is 9.78. The second-order valence-corrected chi connectivity index (χ2v) is 7.96. The Kier molecular flexibility index (Phi) is 6.01. The number of fused-ring (bicyclic) bond motifs is 1. The summed E-state index contributed by atoms with van der Waals surface area (Å²) < 4.78 is 6.87. The van der Waals surface area contributed by atoms with Crippen molar-refractivity contribution in [1.82, 2.24) is 9.55 Å². The third-order valence-electron chi connectivity index (χ3n) is 5.40. The highest BCUT2D eigenvalue weighted by Crippen LogP contribution is 2.38. The smallest absolute Gasteiger partial charge is 0.316 e. The molecule has 0 saturated heterocycles. The van der Waals surface area contributed by atoms with E-state index in [1.54, 1.807) is 6.92 Å². The Balaban J connectivity index is 2.05. The standard InChI is InChI=1S/C20H26N2O3S/c1-4-25-18(23)12-26-20-21-16-10-6-5-9-15(16)19(24)22(20)17-11-7-8-13(2)14(17)3/h5-6,9-10,13-14,17H,4,7-8,11-12H2,1-3H3/t13-,14+,17+/m1/s1. The Morgan fingerprint density at radius 2 is 2.08 bits per heavy atom. The van der Waals surface area contributed by atoms with Gasteiger partial charge in [-0.3, -0.25) is 14.2 Å². The SMILES string of the molecule is CCOC(=O)CSc1nc2ccccc2c(=O)n1[C@H]1CCC[C@@H](C)[C@@H]1C. The third-order valence-corrected chi connectivity index (χ3v) is 6.32. The van der Waals surface area contributed by atoms with Crippen molar-refractivity contribution < 1.29 is 9.53 Å². The normalized spacial score (nSPS) is 23.1. The maximum Gasteiger partial charge on any atom is 0.316 e. The van der Waals surface area contributed by atoms with Crippen molar-refractivity contribution in [3.8, 4) is 0 Å². The number of benzene rings is 1. The van der Waals surface area contributed by atoms with Gasteiger partial charge in [0.1, 0.15) is 0 Å². The summed E-state index contributed by atoms with van der Waals surface area (Å²) in [7, 11) is 0. The van der Waals surface area contributed by atoms with Crippen LogP contribution in [0.5, 0.6) is 0 Å². The summed E-state index contributed by atoms with van der Waals surface area (Å²) in [5.74, 6) is 0.841. The fourth-order valence-corrected chi connectivity index (χ4v) is 4.61. The number of rotatable bonds is 5. The number of hydrogen-bond acceptors (Lipinski definition) is 5. The van der Waals surface area contributed by atoms with Crippen LogP contribution in [0, 0.1) is 11.8 Å². The highest BCUT2D eigenvalue weighted by molar-refractivity contribution is 7.99. The highest BCUT2D eigenvalue weighted by atomic mass is 32.2. The molecule has 5 nitrogen and oxygen atoms in total. The Labute approximate surface area is 158 Å². The molecule has 26 heavy (non-hydrogen) atoms. The van der Waals surface area contributed by atoms with E-state index in [-0.39, 0.29) is 23.3 Å². The minimum Gasteiger partial charge on any atom is -0.465 e. The Bertz CT molecular complexity index is 849. The van der Waals surface area contributed by atoms with E-state index in [0.29, 0.717) is 34.5 Å². The van der Waals surface area contributed by atoms with E-state index in [0.717, 1.165) is 12.8 Å². The zero-order chi connectivity index (χ0) is 18.7. The molecule has 0 spiro atoms. The third kappa shape index (κ3) is 3.80. The summed E-state index contributed by atoms with van der Waals surface area (Å²) in [6.45, 7) is 6.62. The van der Waals surface area contributed by atoms with Gasteiger partial charge >= 0.3 is 5.97 Å². The topological polar surface area (TPSA) is 61.2 Å². The van der Waals surface area contributed by atoms with E-state index in [1.165, 1.54) is 18.2 Å². The van der Waals surface area contributed by atoms with E-state index in [2.05, 4.69) is 13.8 Å². The van der Waals surface area contributed by atoms with Crippen molar-refractivity contribution in [2.24, 2.45) is 11.8 Å². The molecule has 0 amide bonds. The number of ether oxygens (including phenoxy) is 1. The van der Waals surface area contributed by atoms with Crippen LogP contribution in [0.4, 0.5) is 0 Å². The van der Waals surface area contributed by atoms with Gasteiger partial charge in [0.15, 0.2) is 5.16 Å². The average molecular weight is 375 g/mol. The summed E-state index contributed by atoms with van der Waals surface area (Å²) in [4.78, 5) is 29.8. The zero-order valence-electron chi connectivity index (χ0n) is 15.6. The van der Waals surface area contributed by atoms with Crippen LogP contribution in [-0.4, -0.2) is 27.9 Å². The lowest BCUT2D eigenvalue weighted by Crippen LogP contribution is -2.35. The maximum absolute atomic E-state index is 13.3.